The van der Waals surface area contributed by atoms with Gasteiger partial charge in [0.25, 0.3) is 0 Å². The van der Waals surface area contributed by atoms with Crippen LogP contribution in [-0.2, 0) is 0 Å². The Labute approximate surface area is 70.4 Å². The number of nitrogens with one attached hydrogen (secondary N) is 2. The van der Waals surface area contributed by atoms with Crippen LogP contribution in [0.15, 0.2) is 15.3 Å². The van der Waals surface area contributed by atoms with Crippen molar-refractivity contribution in [2.75, 3.05) is 0 Å². The van der Waals surface area contributed by atoms with E-state index in [2.05, 4.69) is 20.8 Å². The lowest BCUT2D eigenvalue weighted by Gasteiger charge is -2.05. The monoisotopic (exact) mass is 168 g/mol. The standard InChI is InChI=1S/C6H12N6/c1-3(2)9-10-4-5(7)11-12-6(4)8/h3,5,8-9H,7H2,1-2H3/b8-6?,10-4-. The summed E-state index contributed by atoms with van der Waals surface area (Å²) < 4.78 is 0. The molecule has 6 heteroatoms. The number of hydrogen-bond acceptors (Lipinski definition) is 5. The number of hydrogen-bond donors (Lipinski definition) is 3. The molecular formula is C6H12N6. The van der Waals surface area contributed by atoms with E-state index in [1.54, 1.807) is 0 Å². The number of amidine groups is 1. The topological polar surface area (TPSA) is 99.0 Å². The summed E-state index contributed by atoms with van der Waals surface area (Å²) in [5, 5.41) is 18.3. The first kappa shape index (κ1) is 8.79. The number of nitrogens with two attached hydrogens (primary N) is 1. The van der Waals surface area contributed by atoms with E-state index in [1.165, 1.54) is 0 Å². The zero-order valence-corrected chi connectivity index (χ0v) is 7.07. The molecule has 1 heterocycles. The first-order valence-corrected chi connectivity index (χ1v) is 3.69. The molecule has 6 nitrogen and oxygen atoms in total. The van der Waals surface area contributed by atoms with E-state index in [0.717, 1.165) is 0 Å². The van der Waals surface area contributed by atoms with Crippen LogP contribution in [0.1, 0.15) is 13.8 Å². The molecule has 66 valence electrons. The molecule has 0 bridgehead atoms. The Bertz CT molecular complexity index is 240. The largest absolute Gasteiger partial charge is 0.307 e. The summed E-state index contributed by atoms with van der Waals surface area (Å²) in [5.74, 6) is 0.0376. The Morgan fingerprint density at radius 2 is 2.33 bits per heavy atom. The predicted molar refractivity (Wildman–Crippen MR) is 46.3 cm³/mol. The highest BCUT2D eigenvalue weighted by molar-refractivity contribution is 6.43. The van der Waals surface area contributed by atoms with E-state index in [1.807, 2.05) is 13.8 Å². The molecule has 1 atom stereocenters. The molecule has 0 saturated carbocycles. The van der Waals surface area contributed by atoms with Crippen molar-refractivity contribution in [2.45, 2.75) is 26.1 Å². The van der Waals surface area contributed by atoms with Gasteiger partial charge < -0.3 is 11.2 Å². The van der Waals surface area contributed by atoms with Gasteiger partial charge in [-0.1, -0.05) is 0 Å². The molecule has 1 aliphatic rings. The van der Waals surface area contributed by atoms with Gasteiger partial charge in [0, 0.05) is 6.04 Å². The van der Waals surface area contributed by atoms with E-state index in [0.29, 0.717) is 5.71 Å². The number of nitrogens with zero attached hydrogens (tertiary/aromatic N) is 3. The summed E-state index contributed by atoms with van der Waals surface area (Å²) in [7, 11) is 0. The van der Waals surface area contributed by atoms with Crippen molar-refractivity contribution in [3.8, 4) is 0 Å². The van der Waals surface area contributed by atoms with Crippen molar-refractivity contribution in [2.24, 2.45) is 21.1 Å². The van der Waals surface area contributed by atoms with E-state index in [-0.39, 0.29) is 11.9 Å². The van der Waals surface area contributed by atoms with Crippen LogP contribution < -0.4 is 11.2 Å². The van der Waals surface area contributed by atoms with Crippen molar-refractivity contribution in [1.29, 1.82) is 5.41 Å². The Morgan fingerprint density at radius 1 is 1.67 bits per heavy atom. The summed E-state index contributed by atoms with van der Waals surface area (Å²) in [6.45, 7) is 3.89. The summed E-state index contributed by atoms with van der Waals surface area (Å²) in [6.07, 6.45) is -0.580. The molecule has 1 aliphatic heterocycles. The fourth-order valence-electron chi connectivity index (χ4n) is 0.684. The van der Waals surface area contributed by atoms with Gasteiger partial charge in [0.15, 0.2) is 12.0 Å². The average Bonchev–Trinajstić information content (AvgIpc) is 2.28. The summed E-state index contributed by atoms with van der Waals surface area (Å²) in [4.78, 5) is 0. The third kappa shape index (κ3) is 1.85. The van der Waals surface area contributed by atoms with Crippen LogP contribution in [0.2, 0.25) is 0 Å². The molecule has 0 amide bonds. The molecule has 12 heavy (non-hydrogen) atoms. The molecule has 4 N–H and O–H groups in total. The maximum absolute atomic E-state index is 7.27. The lowest BCUT2D eigenvalue weighted by atomic mass is 10.3. The van der Waals surface area contributed by atoms with Crippen LogP contribution in [0.4, 0.5) is 0 Å². The van der Waals surface area contributed by atoms with E-state index < -0.39 is 6.17 Å². The highest BCUT2D eigenvalue weighted by atomic mass is 15.3. The van der Waals surface area contributed by atoms with Gasteiger partial charge >= 0.3 is 0 Å². The molecule has 0 fully saturated rings. The van der Waals surface area contributed by atoms with Crippen LogP contribution in [0.25, 0.3) is 0 Å². The van der Waals surface area contributed by atoms with Crippen LogP contribution in [-0.4, -0.2) is 23.8 Å². The highest BCUT2D eigenvalue weighted by Crippen LogP contribution is 2.01. The predicted octanol–water partition coefficient (Wildman–Crippen LogP) is 0.0683. The number of azo groups is 1. The minimum absolute atomic E-state index is 0.0376. The van der Waals surface area contributed by atoms with Gasteiger partial charge in [-0.3, -0.25) is 5.41 Å². The van der Waals surface area contributed by atoms with Crippen LogP contribution in [0.5, 0.6) is 0 Å². The van der Waals surface area contributed by atoms with E-state index >= 15 is 0 Å². The molecule has 0 aromatic rings. The first-order valence-electron chi connectivity index (χ1n) is 3.69. The molecule has 0 spiro atoms. The summed E-state index contributed by atoms with van der Waals surface area (Å²) >= 11 is 0. The first-order chi connectivity index (χ1) is 5.61. The van der Waals surface area contributed by atoms with Crippen molar-refractivity contribution >= 4 is 11.5 Å². The van der Waals surface area contributed by atoms with Crippen molar-refractivity contribution in [3.05, 3.63) is 0 Å². The lowest BCUT2D eigenvalue weighted by molar-refractivity contribution is 0.618. The molecular weight excluding hydrogens is 156 g/mol. The second-order valence-corrected chi connectivity index (χ2v) is 2.79. The second-order valence-electron chi connectivity index (χ2n) is 2.79. The quantitative estimate of drug-likeness (QED) is 0.508. The number of rotatable bonds is 2. The van der Waals surface area contributed by atoms with Gasteiger partial charge in [0.2, 0.25) is 0 Å². The molecule has 0 aliphatic carbocycles. The zero-order chi connectivity index (χ0) is 9.14. The van der Waals surface area contributed by atoms with E-state index in [9.17, 15) is 0 Å². The molecule has 0 aromatic heterocycles. The maximum Gasteiger partial charge on any atom is 0.194 e. The Balaban J connectivity index is 2.63. The van der Waals surface area contributed by atoms with Crippen LogP contribution in [0.3, 0.4) is 0 Å². The summed E-state index contributed by atoms with van der Waals surface area (Å²) in [5.41, 5.74) is 8.67. The fraction of sp³-hybridized carbons (Fsp3) is 0.667. The van der Waals surface area contributed by atoms with Crippen molar-refractivity contribution < 1.29 is 0 Å². The average molecular weight is 168 g/mol. The van der Waals surface area contributed by atoms with Gasteiger partial charge in [-0.15, -0.1) is 5.11 Å². The van der Waals surface area contributed by atoms with Crippen molar-refractivity contribution in [1.82, 2.24) is 5.43 Å². The lowest BCUT2D eigenvalue weighted by Crippen LogP contribution is -2.31. The van der Waals surface area contributed by atoms with E-state index in [4.69, 9.17) is 11.1 Å². The van der Waals surface area contributed by atoms with Gasteiger partial charge in [-0.05, 0) is 13.8 Å². The smallest absolute Gasteiger partial charge is 0.194 e. The SMILES string of the molecule is CC(C)N/N=C1\C(=N)N=NC1N. The normalized spacial score (nSPS) is 25.8. The number of hydrazone groups is 1. The minimum Gasteiger partial charge on any atom is -0.307 e. The zero-order valence-electron chi connectivity index (χ0n) is 7.07. The molecule has 1 rings (SSSR count). The minimum atomic E-state index is -0.580. The van der Waals surface area contributed by atoms with Crippen LogP contribution >= 0.6 is 0 Å². The third-order valence-electron chi connectivity index (χ3n) is 1.25. The van der Waals surface area contributed by atoms with Gasteiger partial charge in [-0.25, -0.2) is 0 Å². The third-order valence-corrected chi connectivity index (χ3v) is 1.25. The Kier molecular flexibility index (Phi) is 2.49. The highest BCUT2D eigenvalue weighted by Gasteiger charge is 2.21. The maximum atomic E-state index is 7.27. The second kappa shape index (κ2) is 3.40. The Morgan fingerprint density at radius 3 is 2.75 bits per heavy atom. The van der Waals surface area contributed by atoms with Gasteiger partial charge in [-0.2, -0.15) is 10.2 Å². The van der Waals surface area contributed by atoms with Gasteiger partial charge in [0.05, 0.1) is 0 Å². The fourth-order valence-corrected chi connectivity index (χ4v) is 0.684. The van der Waals surface area contributed by atoms with Crippen molar-refractivity contribution in [3.63, 3.8) is 0 Å². The Hall–Kier alpha value is -1.30. The summed E-state index contributed by atoms with van der Waals surface area (Å²) in [6, 6.07) is 0.220. The van der Waals surface area contributed by atoms with Gasteiger partial charge in [0.1, 0.15) is 5.71 Å². The molecule has 0 saturated heterocycles. The molecule has 0 radical (unpaired) electrons. The molecule has 1 unspecified atom stereocenters. The molecule has 0 aromatic carbocycles. The van der Waals surface area contributed by atoms with Crippen LogP contribution in [0, 0.1) is 5.41 Å².